The summed E-state index contributed by atoms with van der Waals surface area (Å²) < 4.78 is 18.3. The van der Waals surface area contributed by atoms with E-state index in [0.717, 1.165) is 18.2 Å². The van der Waals surface area contributed by atoms with Gasteiger partial charge in [0.1, 0.15) is 10.8 Å². The zero-order valence-electron chi connectivity index (χ0n) is 12.3. The Kier molecular flexibility index (Phi) is 5.89. The van der Waals surface area contributed by atoms with Gasteiger partial charge in [-0.2, -0.15) is 0 Å². The molecular formula is C15H9Cl2FN2O5. The van der Waals surface area contributed by atoms with Crippen molar-refractivity contribution in [3.63, 3.8) is 0 Å². The molecule has 130 valence electrons. The lowest BCUT2D eigenvalue weighted by Crippen LogP contribution is -2.21. The van der Waals surface area contributed by atoms with E-state index in [2.05, 4.69) is 5.32 Å². The summed E-state index contributed by atoms with van der Waals surface area (Å²) in [7, 11) is 0. The Balaban J connectivity index is 1.98. The molecule has 0 saturated carbocycles. The minimum atomic E-state index is -1.05. The smallest absolute Gasteiger partial charge is 0.341 e. The summed E-state index contributed by atoms with van der Waals surface area (Å²) in [6.45, 7) is -0.711. The Hall–Kier alpha value is -2.71. The lowest BCUT2D eigenvalue weighted by Gasteiger charge is -2.07. The van der Waals surface area contributed by atoms with Gasteiger partial charge in [0.15, 0.2) is 6.61 Å². The first-order valence-electron chi connectivity index (χ1n) is 6.64. The number of carbonyl (C=O) groups is 2. The molecule has 0 aliphatic carbocycles. The monoisotopic (exact) mass is 386 g/mol. The number of nitrogens with one attached hydrogen (secondary N) is 1. The zero-order chi connectivity index (χ0) is 18.6. The van der Waals surface area contributed by atoms with Gasteiger partial charge in [-0.25, -0.2) is 9.18 Å². The number of hydrogen-bond acceptors (Lipinski definition) is 5. The highest BCUT2D eigenvalue weighted by molar-refractivity contribution is 6.32. The molecule has 0 fully saturated rings. The van der Waals surface area contributed by atoms with Crippen LogP contribution in [-0.2, 0) is 9.53 Å². The van der Waals surface area contributed by atoms with Gasteiger partial charge in [-0.3, -0.25) is 14.9 Å². The van der Waals surface area contributed by atoms with Gasteiger partial charge in [0.25, 0.3) is 11.6 Å². The molecule has 1 N–H and O–H groups in total. The summed E-state index contributed by atoms with van der Waals surface area (Å²) in [6.07, 6.45) is 0. The Morgan fingerprint density at radius 2 is 1.92 bits per heavy atom. The van der Waals surface area contributed by atoms with Crippen LogP contribution < -0.4 is 5.32 Å². The average Bonchev–Trinajstić information content (AvgIpc) is 2.54. The molecule has 2 rings (SSSR count). The van der Waals surface area contributed by atoms with Crippen LogP contribution in [0.4, 0.5) is 15.8 Å². The summed E-state index contributed by atoms with van der Waals surface area (Å²) in [5.41, 5.74) is -0.672. The second-order valence-electron chi connectivity index (χ2n) is 4.67. The lowest BCUT2D eigenvalue weighted by molar-refractivity contribution is -0.384. The van der Waals surface area contributed by atoms with Gasteiger partial charge >= 0.3 is 5.97 Å². The first-order chi connectivity index (χ1) is 11.8. The van der Waals surface area contributed by atoms with Crippen molar-refractivity contribution in [3.8, 4) is 0 Å². The number of esters is 1. The van der Waals surface area contributed by atoms with Gasteiger partial charge in [-0.15, -0.1) is 0 Å². The number of nitro groups is 1. The molecule has 0 radical (unpaired) electrons. The van der Waals surface area contributed by atoms with Crippen molar-refractivity contribution < 1.29 is 23.6 Å². The second kappa shape index (κ2) is 7.91. The average molecular weight is 387 g/mol. The molecule has 2 aromatic rings. The fraction of sp³-hybridized carbons (Fsp3) is 0.0667. The predicted octanol–water partition coefficient (Wildman–Crippen LogP) is 3.84. The molecule has 0 aliphatic heterocycles. The van der Waals surface area contributed by atoms with Crippen molar-refractivity contribution in [2.24, 2.45) is 0 Å². The molecule has 25 heavy (non-hydrogen) atoms. The summed E-state index contributed by atoms with van der Waals surface area (Å²) >= 11 is 11.2. The molecular weight excluding hydrogens is 378 g/mol. The van der Waals surface area contributed by atoms with Crippen molar-refractivity contribution in [2.75, 3.05) is 11.9 Å². The van der Waals surface area contributed by atoms with Crippen LogP contribution in [-0.4, -0.2) is 23.4 Å². The molecule has 0 aliphatic rings. The van der Waals surface area contributed by atoms with E-state index in [0.29, 0.717) is 0 Å². The largest absolute Gasteiger partial charge is 0.452 e. The molecule has 1 amide bonds. The first-order valence-corrected chi connectivity index (χ1v) is 7.39. The molecule has 0 heterocycles. The molecule has 0 aromatic heterocycles. The van der Waals surface area contributed by atoms with Crippen LogP contribution in [0.25, 0.3) is 0 Å². The number of nitrogens with zero attached hydrogens (tertiary/aromatic N) is 1. The number of halogens is 3. The van der Waals surface area contributed by atoms with Gasteiger partial charge in [0.2, 0.25) is 0 Å². The quantitative estimate of drug-likeness (QED) is 0.478. The van der Waals surface area contributed by atoms with E-state index in [1.54, 1.807) is 0 Å². The maximum Gasteiger partial charge on any atom is 0.341 e. The third kappa shape index (κ3) is 4.88. The molecule has 0 unspecified atom stereocenters. The number of rotatable bonds is 5. The van der Waals surface area contributed by atoms with Crippen LogP contribution >= 0.6 is 23.2 Å². The van der Waals surface area contributed by atoms with E-state index in [4.69, 9.17) is 27.9 Å². The van der Waals surface area contributed by atoms with Gasteiger partial charge in [-0.05, 0) is 30.3 Å². The van der Waals surface area contributed by atoms with Crippen LogP contribution in [0.3, 0.4) is 0 Å². The van der Waals surface area contributed by atoms with Crippen molar-refractivity contribution in [3.05, 3.63) is 67.9 Å². The van der Waals surface area contributed by atoms with E-state index in [-0.39, 0.29) is 27.0 Å². The van der Waals surface area contributed by atoms with Crippen LogP contribution in [0.5, 0.6) is 0 Å². The van der Waals surface area contributed by atoms with Crippen molar-refractivity contribution in [1.29, 1.82) is 0 Å². The van der Waals surface area contributed by atoms with E-state index in [9.17, 15) is 24.1 Å². The van der Waals surface area contributed by atoms with Crippen molar-refractivity contribution in [1.82, 2.24) is 0 Å². The highest BCUT2D eigenvalue weighted by Crippen LogP contribution is 2.27. The third-order valence-electron chi connectivity index (χ3n) is 2.91. The summed E-state index contributed by atoms with van der Waals surface area (Å²) in [6, 6.07) is 7.00. The summed E-state index contributed by atoms with van der Waals surface area (Å²) in [5.74, 6) is -2.70. The van der Waals surface area contributed by atoms with Gasteiger partial charge < -0.3 is 10.1 Å². The molecule has 0 atom stereocenters. The van der Waals surface area contributed by atoms with Gasteiger partial charge in [0.05, 0.1) is 10.5 Å². The highest BCUT2D eigenvalue weighted by Gasteiger charge is 2.17. The predicted molar refractivity (Wildman–Crippen MR) is 88.4 cm³/mol. The Morgan fingerprint density at radius 1 is 1.20 bits per heavy atom. The number of ether oxygens (including phenoxy) is 1. The third-order valence-corrected chi connectivity index (χ3v) is 3.47. The molecule has 0 bridgehead atoms. The Morgan fingerprint density at radius 3 is 2.56 bits per heavy atom. The number of nitro benzene ring substituents is 1. The number of amides is 1. The Bertz CT molecular complexity index is 860. The number of anilines is 1. The lowest BCUT2D eigenvalue weighted by atomic mass is 10.2. The molecule has 7 nitrogen and oxygen atoms in total. The van der Waals surface area contributed by atoms with Crippen LogP contribution in [0.1, 0.15) is 10.4 Å². The summed E-state index contributed by atoms with van der Waals surface area (Å²) in [4.78, 5) is 33.6. The van der Waals surface area contributed by atoms with Crippen LogP contribution in [0, 0.1) is 15.9 Å². The topological polar surface area (TPSA) is 98.5 Å². The minimum Gasteiger partial charge on any atom is -0.452 e. The number of hydrogen-bond donors (Lipinski definition) is 1. The molecule has 0 spiro atoms. The fourth-order valence-corrected chi connectivity index (χ4v) is 2.14. The number of benzene rings is 2. The zero-order valence-corrected chi connectivity index (χ0v) is 13.8. The highest BCUT2D eigenvalue weighted by atomic mass is 35.5. The molecule has 2 aromatic carbocycles. The van der Waals surface area contributed by atoms with Crippen LogP contribution in [0.2, 0.25) is 10.0 Å². The van der Waals surface area contributed by atoms with Crippen LogP contribution in [0.15, 0.2) is 36.4 Å². The van der Waals surface area contributed by atoms with E-state index < -0.39 is 29.2 Å². The Labute approximate surface area is 150 Å². The standard InChI is InChI=1S/C15H9Cl2FN2O5/c16-8-1-3-10(12(18)5-8)15(22)25-7-14(21)19-9-2-4-11(17)13(6-9)20(23)24/h1-6H,7H2,(H,19,21). The van der Waals surface area contributed by atoms with Gasteiger partial charge in [0, 0.05) is 16.8 Å². The van der Waals surface area contributed by atoms with Crippen molar-refractivity contribution >= 4 is 46.5 Å². The summed E-state index contributed by atoms with van der Waals surface area (Å²) in [5, 5.41) is 13.1. The normalized spacial score (nSPS) is 10.2. The van der Waals surface area contributed by atoms with E-state index >= 15 is 0 Å². The fourth-order valence-electron chi connectivity index (χ4n) is 1.79. The second-order valence-corrected chi connectivity index (χ2v) is 5.52. The maximum atomic E-state index is 13.6. The van der Waals surface area contributed by atoms with E-state index in [1.807, 2.05) is 0 Å². The molecule has 10 heteroatoms. The maximum absolute atomic E-state index is 13.6. The van der Waals surface area contributed by atoms with Crippen molar-refractivity contribution in [2.45, 2.75) is 0 Å². The number of carbonyl (C=O) groups excluding carboxylic acids is 2. The first kappa shape index (κ1) is 18.6. The van der Waals surface area contributed by atoms with Gasteiger partial charge in [-0.1, -0.05) is 23.2 Å². The molecule has 0 saturated heterocycles. The SMILES string of the molecule is O=C(COC(=O)c1ccc(Cl)cc1F)Nc1ccc(Cl)c([N+](=O)[O-])c1. The minimum absolute atomic E-state index is 0.0901. The van der Waals surface area contributed by atoms with E-state index in [1.165, 1.54) is 18.2 Å².